The van der Waals surface area contributed by atoms with E-state index in [1.165, 1.54) is 16.3 Å². The third-order valence-corrected chi connectivity index (χ3v) is 4.96. The van der Waals surface area contributed by atoms with E-state index in [2.05, 4.69) is 68.1 Å². The molecular formula is C21H24N4. The lowest BCUT2D eigenvalue weighted by atomic mass is 10.0. The summed E-state index contributed by atoms with van der Waals surface area (Å²) in [4.78, 5) is 2.52. The second-order valence-electron chi connectivity index (χ2n) is 6.66. The van der Waals surface area contributed by atoms with Crippen molar-refractivity contribution in [2.24, 2.45) is 12.1 Å². The van der Waals surface area contributed by atoms with Crippen LogP contribution in [0.4, 0.5) is 0 Å². The Labute approximate surface area is 149 Å². The number of piperazine rings is 1. The molecule has 0 spiro atoms. The number of aryl methyl sites for hydroxylation is 1. The molecule has 128 valence electrons. The van der Waals surface area contributed by atoms with E-state index in [4.69, 9.17) is 0 Å². The summed E-state index contributed by atoms with van der Waals surface area (Å²) in [6.45, 7) is 5.06. The lowest BCUT2D eigenvalue weighted by molar-refractivity contribution is 0.131. The summed E-state index contributed by atoms with van der Waals surface area (Å²) >= 11 is 0. The average molecular weight is 332 g/mol. The van der Waals surface area contributed by atoms with Crippen molar-refractivity contribution in [2.75, 3.05) is 26.2 Å². The van der Waals surface area contributed by atoms with Gasteiger partial charge in [0, 0.05) is 46.0 Å². The van der Waals surface area contributed by atoms with E-state index < -0.39 is 0 Å². The maximum absolute atomic E-state index is 4.64. The number of aromatic nitrogens is 1. The highest BCUT2D eigenvalue weighted by molar-refractivity contribution is 5.85. The number of hydrazone groups is 1. The molecule has 0 unspecified atom stereocenters. The zero-order chi connectivity index (χ0) is 17.1. The van der Waals surface area contributed by atoms with Crippen LogP contribution in [0.3, 0.4) is 0 Å². The van der Waals surface area contributed by atoms with Crippen molar-refractivity contribution in [3.8, 4) is 0 Å². The van der Waals surface area contributed by atoms with Gasteiger partial charge in [0.2, 0.25) is 0 Å². The fraction of sp³-hybridized carbons (Fsp3) is 0.286. The van der Waals surface area contributed by atoms with Crippen LogP contribution in [0.25, 0.3) is 10.8 Å². The minimum Gasteiger partial charge on any atom is -0.350 e. The van der Waals surface area contributed by atoms with Gasteiger partial charge in [0.1, 0.15) is 0 Å². The van der Waals surface area contributed by atoms with E-state index in [0.29, 0.717) is 0 Å². The van der Waals surface area contributed by atoms with Crippen LogP contribution in [-0.2, 0) is 13.6 Å². The van der Waals surface area contributed by atoms with Crippen LogP contribution in [0.15, 0.2) is 65.9 Å². The van der Waals surface area contributed by atoms with Gasteiger partial charge >= 0.3 is 0 Å². The Morgan fingerprint density at radius 1 is 0.920 bits per heavy atom. The summed E-state index contributed by atoms with van der Waals surface area (Å²) in [7, 11) is 2.05. The number of fused-ring (bicyclic) bond motifs is 1. The van der Waals surface area contributed by atoms with Crippen LogP contribution in [0.1, 0.15) is 11.3 Å². The van der Waals surface area contributed by atoms with Gasteiger partial charge in [0.25, 0.3) is 0 Å². The summed E-state index contributed by atoms with van der Waals surface area (Å²) in [5.41, 5.74) is 2.55. The van der Waals surface area contributed by atoms with Gasteiger partial charge in [-0.15, -0.1) is 0 Å². The van der Waals surface area contributed by atoms with Gasteiger partial charge in [-0.2, -0.15) is 5.10 Å². The van der Waals surface area contributed by atoms with Gasteiger partial charge < -0.3 is 4.57 Å². The molecule has 3 aromatic rings. The molecule has 25 heavy (non-hydrogen) atoms. The number of nitrogens with zero attached hydrogens (tertiary/aromatic N) is 4. The molecule has 1 fully saturated rings. The third kappa shape index (κ3) is 3.59. The summed E-state index contributed by atoms with van der Waals surface area (Å²) < 4.78 is 2.08. The highest BCUT2D eigenvalue weighted by Gasteiger charge is 2.16. The van der Waals surface area contributed by atoms with Crippen LogP contribution in [0, 0.1) is 0 Å². The lowest BCUT2D eigenvalue weighted by Gasteiger charge is -2.33. The predicted octanol–water partition coefficient (Wildman–Crippen LogP) is 3.33. The normalized spacial score (nSPS) is 16.1. The van der Waals surface area contributed by atoms with Crippen molar-refractivity contribution >= 4 is 17.0 Å². The van der Waals surface area contributed by atoms with Crippen LogP contribution < -0.4 is 0 Å². The van der Waals surface area contributed by atoms with E-state index in [1.54, 1.807) is 0 Å². The Morgan fingerprint density at radius 3 is 2.52 bits per heavy atom. The topological polar surface area (TPSA) is 23.8 Å². The minimum atomic E-state index is 0.978. The number of benzene rings is 2. The molecule has 1 aliphatic heterocycles. The number of hydrogen-bond acceptors (Lipinski definition) is 3. The maximum atomic E-state index is 4.64. The molecule has 4 heteroatoms. The van der Waals surface area contributed by atoms with Gasteiger partial charge in [-0.3, -0.25) is 9.91 Å². The van der Waals surface area contributed by atoms with Crippen LogP contribution in [0.5, 0.6) is 0 Å². The van der Waals surface area contributed by atoms with Crippen LogP contribution >= 0.6 is 0 Å². The molecule has 2 aromatic carbocycles. The third-order valence-electron chi connectivity index (χ3n) is 4.96. The first-order valence-corrected chi connectivity index (χ1v) is 8.89. The summed E-state index contributed by atoms with van der Waals surface area (Å²) in [6.07, 6.45) is 4.00. The lowest BCUT2D eigenvalue weighted by Crippen LogP contribution is -2.43. The van der Waals surface area contributed by atoms with Crippen molar-refractivity contribution in [2.45, 2.75) is 6.54 Å². The fourth-order valence-electron chi connectivity index (χ4n) is 3.43. The average Bonchev–Trinajstić information content (AvgIpc) is 3.06. The first-order chi connectivity index (χ1) is 12.3. The fourth-order valence-corrected chi connectivity index (χ4v) is 3.43. The quantitative estimate of drug-likeness (QED) is 0.684. The van der Waals surface area contributed by atoms with Gasteiger partial charge in [-0.05, 0) is 28.5 Å². The molecule has 0 N–H and O–H groups in total. The molecule has 0 amide bonds. The highest BCUT2D eigenvalue weighted by atomic mass is 15.5. The molecule has 2 heterocycles. The molecule has 0 bridgehead atoms. The van der Waals surface area contributed by atoms with Crippen molar-refractivity contribution in [3.63, 3.8) is 0 Å². The summed E-state index contributed by atoms with van der Waals surface area (Å²) in [5, 5.41) is 9.51. The van der Waals surface area contributed by atoms with Crippen LogP contribution in [-0.4, -0.2) is 46.9 Å². The SMILES string of the molecule is Cn1cccc1C=NN1CCN(Cc2cccc3ccccc23)CC1. The molecule has 0 atom stereocenters. The Balaban J connectivity index is 1.37. The Hall–Kier alpha value is -2.59. The number of hydrogen-bond donors (Lipinski definition) is 0. The number of rotatable bonds is 4. The molecule has 1 saturated heterocycles. The van der Waals surface area contributed by atoms with Gasteiger partial charge in [0.05, 0.1) is 11.9 Å². The molecule has 1 aliphatic rings. The largest absolute Gasteiger partial charge is 0.350 e. The van der Waals surface area contributed by atoms with Crippen molar-refractivity contribution in [1.82, 2.24) is 14.5 Å². The van der Waals surface area contributed by atoms with E-state index in [-0.39, 0.29) is 0 Å². The summed E-state index contributed by atoms with van der Waals surface area (Å²) in [6, 6.07) is 19.4. The molecule has 0 saturated carbocycles. The summed E-state index contributed by atoms with van der Waals surface area (Å²) in [5.74, 6) is 0. The van der Waals surface area contributed by atoms with E-state index in [9.17, 15) is 0 Å². The molecular weight excluding hydrogens is 308 g/mol. The smallest absolute Gasteiger partial charge is 0.0707 e. The van der Waals surface area contributed by atoms with Gasteiger partial charge in [0.15, 0.2) is 0 Å². The van der Waals surface area contributed by atoms with E-state index in [1.807, 2.05) is 25.5 Å². The van der Waals surface area contributed by atoms with Gasteiger partial charge in [-0.25, -0.2) is 0 Å². The highest BCUT2D eigenvalue weighted by Crippen LogP contribution is 2.20. The van der Waals surface area contributed by atoms with Crippen molar-refractivity contribution in [1.29, 1.82) is 0 Å². The van der Waals surface area contributed by atoms with E-state index >= 15 is 0 Å². The molecule has 1 aromatic heterocycles. The second kappa shape index (κ2) is 7.11. The Kier molecular flexibility index (Phi) is 4.53. The van der Waals surface area contributed by atoms with E-state index in [0.717, 1.165) is 38.4 Å². The molecule has 0 aliphatic carbocycles. The molecule has 4 nitrogen and oxygen atoms in total. The Bertz CT molecular complexity index is 867. The first kappa shape index (κ1) is 15.9. The van der Waals surface area contributed by atoms with Crippen LogP contribution in [0.2, 0.25) is 0 Å². The standard InChI is InChI=1S/C21H24N4/c1-23-11-5-9-20(23)16-22-25-14-12-24(13-15-25)17-19-8-4-7-18-6-2-3-10-21(18)19/h2-11,16H,12-15,17H2,1H3. The first-order valence-electron chi connectivity index (χ1n) is 8.89. The Morgan fingerprint density at radius 2 is 1.72 bits per heavy atom. The second-order valence-corrected chi connectivity index (χ2v) is 6.66. The zero-order valence-corrected chi connectivity index (χ0v) is 14.7. The monoisotopic (exact) mass is 332 g/mol. The predicted molar refractivity (Wildman–Crippen MR) is 104 cm³/mol. The van der Waals surface area contributed by atoms with Gasteiger partial charge in [-0.1, -0.05) is 42.5 Å². The van der Waals surface area contributed by atoms with Crippen molar-refractivity contribution < 1.29 is 0 Å². The minimum absolute atomic E-state index is 0.978. The molecule has 0 radical (unpaired) electrons. The molecule has 4 rings (SSSR count). The van der Waals surface area contributed by atoms with Crippen molar-refractivity contribution in [3.05, 3.63) is 72.1 Å². The zero-order valence-electron chi connectivity index (χ0n) is 14.7. The maximum Gasteiger partial charge on any atom is 0.0707 e.